The van der Waals surface area contributed by atoms with Crippen molar-refractivity contribution in [3.05, 3.63) is 59.9 Å². The molecular weight excluding hydrogens is 286 g/mol. The summed E-state index contributed by atoms with van der Waals surface area (Å²) in [7, 11) is 0. The summed E-state index contributed by atoms with van der Waals surface area (Å²) in [5.41, 5.74) is 3.63. The molecule has 0 aliphatic carbocycles. The van der Waals surface area contributed by atoms with Crippen LogP contribution in [-0.2, 0) is 0 Å². The lowest BCUT2D eigenvalue weighted by Gasteiger charge is -2.06. The van der Waals surface area contributed by atoms with E-state index in [4.69, 9.17) is 20.8 Å². The third-order valence-corrected chi connectivity index (χ3v) is 3.36. The normalized spacial score (nSPS) is 10.6. The Kier molecular flexibility index (Phi) is 3.93. The first kappa shape index (κ1) is 13.7. The quantitative estimate of drug-likeness (QED) is 0.675. The Labute approximate surface area is 128 Å². The standard InChI is InChI=1S/C17H14ClNO2/c1-2-20-17-16(15-5-3-4-10-19-15)14(11-21-17)12-6-8-13(18)9-7-12/h3-11H,2H2,1H3. The highest BCUT2D eigenvalue weighted by molar-refractivity contribution is 6.30. The van der Waals surface area contributed by atoms with Gasteiger partial charge in [-0.3, -0.25) is 4.98 Å². The zero-order valence-electron chi connectivity index (χ0n) is 11.5. The molecule has 2 heterocycles. The Morgan fingerprint density at radius 2 is 1.95 bits per heavy atom. The van der Waals surface area contributed by atoms with Gasteiger partial charge < -0.3 is 9.15 Å². The van der Waals surface area contributed by atoms with Gasteiger partial charge in [-0.1, -0.05) is 29.8 Å². The first-order valence-corrected chi connectivity index (χ1v) is 7.09. The zero-order chi connectivity index (χ0) is 14.7. The van der Waals surface area contributed by atoms with Crippen LogP contribution in [0, 0.1) is 0 Å². The summed E-state index contributed by atoms with van der Waals surface area (Å²) in [4.78, 5) is 4.40. The van der Waals surface area contributed by atoms with Crippen molar-refractivity contribution in [1.82, 2.24) is 4.98 Å². The van der Waals surface area contributed by atoms with E-state index in [1.165, 1.54) is 0 Å². The molecular formula is C17H14ClNO2. The largest absolute Gasteiger partial charge is 0.465 e. The Morgan fingerprint density at radius 1 is 1.14 bits per heavy atom. The van der Waals surface area contributed by atoms with E-state index in [9.17, 15) is 0 Å². The van der Waals surface area contributed by atoms with Crippen molar-refractivity contribution in [3.8, 4) is 28.3 Å². The highest BCUT2D eigenvalue weighted by atomic mass is 35.5. The topological polar surface area (TPSA) is 35.3 Å². The van der Waals surface area contributed by atoms with Crippen molar-refractivity contribution in [3.63, 3.8) is 0 Å². The molecule has 0 atom stereocenters. The van der Waals surface area contributed by atoms with Crippen LogP contribution < -0.4 is 4.74 Å². The van der Waals surface area contributed by atoms with Gasteiger partial charge in [-0.2, -0.15) is 0 Å². The SMILES string of the molecule is CCOc1occ(-c2ccc(Cl)cc2)c1-c1ccccn1. The molecule has 106 valence electrons. The van der Waals surface area contributed by atoms with Crippen molar-refractivity contribution in [2.24, 2.45) is 0 Å². The Morgan fingerprint density at radius 3 is 2.62 bits per heavy atom. The minimum atomic E-state index is 0.487. The maximum atomic E-state index is 5.95. The van der Waals surface area contributed by atoms with Crippen molar-refractivity contribution >= 4 is 11.6 Å². The molecule has 0 saturated heterocycles. The Balaban J connectivity index is 2.15. The number of rotatable bonds is 4. The molecule has 3 aromatic rings. The average Bonchev–Trinajstić information content (AvgIpc) is 2.93. The predicted octanol–water partition coefficient (Wildman–Crippen LogP) is 5.06. The molecule has 4 heteroatoms. The van der Waals surface area contributed by atoms with E-state index in [1.807, 2.05) is 49.4 Å². The first-order valence-electron chi connectivity index (χ1n) is 6.71. The number of pyridine rings is 1. The molecule has 21 heavy (non-hydrogen) atoms. The lowest BCUT2D eigenvalue weighted by molar-refractivity contribution is 0.259. The lowest BCUT2D eigenvalue weighted by atomic mass is 10.0. The monoisotopic (exact) mass is 299 g/mol. The molecule has 0 fully saturated rings. The molecule has 0 N–H and O–H groups in total. The smallest absolute Gasteiger partial charge is 0.294 e. The second-order valence-corrected chi connectivity index (χ2v) is 4.90. The lowest BCUT2D eigenvalue weighted by Crippen LogP contribution is -1.93. The molecule has 0 unspecified atom stereocenters. The van der Waals surface area contributed by atoms with Crippen LogP contribution >= 0.6 is 11.6 Å². The Bertz CT molecular complexity index is 720. The second kappa shape index (κ2) is 6.02. The van der Waals surface area contributed by atoms with Crippen LogP contribution in [0.25, 0.3) is 22.4 Å². The third kappa shape index (κ3) is 2.78. The number of halogens is 1. The highest BCUT2D eigenvalue weighted by Gasteiger charge is 2.19. The minimum absolute atomic E-state index is 0.487. The van der Waals surface area contributed by atoms with E-state index < -0.39 is 0 Å². The number of hydrogen-bond acceptors (Lipinski definition) is 3. The van der Waals surface area contributed by atoms with Gasteiger partial charge >= 0.3 is 0 Å². The van der Waals surface area contributed by atoms with Crippen LogP contribution in [-0.4, -0.2) is 11.6 Å². The summed E-state index contributed by atoms with van der Waals surface area (Å²) >= 11 is 5.95. The number of benzene rings is 1. The van der Waals surface area contributed by atoms with E-state index in [-0.39, 0.29) is 0 Å². The molecule has 0 saturated carbocycles. The van der Waals surface area contributed by atoms with Gasteiger partial charge in [0.25, 0.3) is 5.95 Å². The van der Waals surface area contributed by atoms with Gasteiger partial charge in [-0.25, -0.2) is 0 Å². The number of ether oxygens (including phenoxy) is 1. The molecule has 0 radical (unpaired) electrons. The number of hydrogen-bond donors (Lipinski definition) is 0. The van der Waals surface area contributed by atoms with Crippen molar-refractivity contribution in [2.75, 3.05) is 6.61 Å². The van der Waals surface area contributed by atoms with Gasteiger partial charge in [-0.05, 0) is 36.8 Å². The van der Waals surface area contributed by atoms with Crippen LogP contribution in [0.3, 0.4) is 0 Å². The summed E-state index contributed by atoms with van der Waals surface area (Å²) in [5.74, 6) is 0.487. The highest BCUT2D eigenvalue weighted by Crippen LogP contribution is 2.40. The van der Waals surface area contributed by atoms with Gasteiger partial charge in [-0.15, -0.1) is 0 Å². The fourth-order valence-corrected chi connectivity index (χ4v) is 2.30. The summed E-state index contributed by atoms with van der Waals surface area (Å²) < 4.78 is 11.2. The molecule has 1 aromatic carbocycles. The van der Waals surface area contributed by atoms with E-state index >= 15 is 0 Å². The van der Waals surface area contributed by atoms with Gasteiger partial charge in [0.1, 0.15) is 6.26 Å². The average molecular weight is 300 g/mol. The third-order valence-electron chi connectivity index (χ3n) is 3.11. The van der Waals surface area contributed by atoms with E-state index in [1.54, 1.807) is 12.5 Å². The summed E-state index contributed by atoms with van der Waals surface area (Å²) in [6.45, 7) is 2.46. The maximum Gasteiger partial charge on any atom is 0.294 e. The molecule has 3 rings (SSSR count). The molecule has 0 aliphatic heterocycles. The predicted molar refractivity (Wildman–Crippen MR) is 83.6 cm³/mol. The van der Waals surface area contributed by atoms with Gasteiger partial charge in [0, 0.05) is 16.8 Å². The fourth-order valence-electron chi connectivity index (χ4n) is 2.17. The summed E-state index contributed by atoms with van der Waals surface area (Å²) in [6, 6.07) is 13.4. The van der Waals surface area contributed by atoms with Gasteiger partial charge in [0.15, 0.2) is 0 Å². The number of furan rings is 1. The Hall–Kier alpha value is -2.26. The van der Waals surface area contributed by atoms with E-state index in [2.05, 4.69) is 4.98 Å². The molecule has 3 nitrogen and oxygen atoms in total. The van der Waals surface area contributed by atoms with Crippen molar-refractivity contribution < 1.29 is 9.15 Å². The molecule has 0 amide bonds. The molecule has 0 spiro atoms. The summed E-state index contributed by atoms with van der Waals surface area (Å²) in [5, 5.41) is 0.701. The minimum Gasteiger partial charge on any atom is -0.465 e. The van der Waals surface area contributed by atoms with E-state index in [0.717, 1.165) is 22.4 Å². The first-order chi connectivity index (χ1) is 10.3. The van der Waals surface area contributed by atoms with Crippen molar-refractivity contribution in [2.45, 2.75) is 6.92 Å². The molecule has 2 aromatic heterocycles. The molecule has 0 bridgehead atoms. The maximum absolute atomic E-state index is 5.95. The van der Waals surface area contributed by atoms with Crippen LogP contribution in [0.15, 0.2) is 59.3 Å². The van der Waals surface area contributed by atoms with Crippen molar-refractivity contribution in [1.29, 1.82) is 0 Å². The van der Waals surface area contributed by atoms with Crippen LogP contribution in [0.1, 0.15) is 6.92 Å². The van der Waals surface area contributed by atoms with Crippen LogP contribution in [0.5, 0.6) is 5.95 Å². The fraction of sp³-hybridized carbons (Fsp3) is 0.118. The van der Waals surface area contributed by atoms with E-state index in [0.29, 0.717) is 17.6 Å². The number of aromatic nitrogens is 1. The molecule has 0 aliphatic rings. The second-order valence-electron chi connectivity index (χ2n) is 4.47. The van der Waals surface area contributed by atoms with Crippen LogP contribution in [0.2, 0.25) is 5.02 Å². The zero-order valence-corrected chi connectivity index (χ0v) is 12.3. The summed E-state index contributed by atoms with van der Waals surface area (Å²) in [6.07, 6.45) is 3.45. The van der Waals surface area contributed by atoms with Gasteiger partial charge in [0.2, 0.25) is 0 Å². The number of nitrogens with zero attached hydrogens (tertiary/aromatic N) is 1. The van der Waals surface area contributed by atoms with Crippen LogP contribution in [0.4, 0.5) is 0 Å². The van der Waals surface area contributed by atoms with Gasteiger partial charge in [0.05, 0.1) is 17.9 Å².